The fourth-order valence-electron chi connectivity index (χ4n) is 10.8. The van der Waals surface area contributed by atoms with Crippen LogP contribution in [0.5, 0.6) is 51.7 Å². The first-order chi connectivity index (χ1) is 47.9. The summed E-state index contributed by atoms with van der Waals surface area (Å²) in [5, 5.41) is 21.2. The summed E-state index contributed by atoms with van der Waals surface area (Å²) in [5.74, 6) is -1.19. The predicted molar refractivity (Wildman–Crippen MR) is 373 cm³/mol. The van der Waals surface area contributed by atoms with Gasteiger partial charge in [0.2, 0.25) is 0 Å². The average molecular weight is 1410 g/mol. The summed E-state index contributed by atoms with van der Waals surface area (Å²) in [6.07, 6.45) is -6.27. The summed E-state index contributed by atoms with van der Waals surface area (Å²) < 4.78 is 71.5. The molecule has 0 fully saturated rings. The van der Waals surface area contributed by atoms with Crippen LogP contribution in [0.2, 0.25) is 0 Å². The summed E-state index contributed by atoms with van der Waals surface area (Å²) in [6.45, 7) is 24.4. The normalized spacial score (nSPS) is 13.5. The Kier molecular flexibility index (Phi) is 26.1. The number of benzene rings is 7. The molecule has 0 heterocycles. The van der Waals surface area contributed by atoms with E-state index in [-0.39, 0.29) is 91.1 Å². The molecule has 23 heteroatoms. The first-order valence-corrected chi connectivity index (χ1v) is 33.1. The number of aliphatic hydroxyl groups is 1. The van der Waals surface area contributed by atoms with Crippen LogP contribution in [0.3, 0.4) is 0 Å². The van der Waals surface area contributed by atoms with Crippen molar-refractivity contribution in [3.63, 3.8) is 0 Å². The van der Waals surface area contributed by atoms with Gasteiger partial charge in [-0.1, -0.05) is 100 Å². The molecule has 0 aliphatic heterocycles. The molecule has 0 saturated carbocycles. The predicted octanol–water partition coefficient (Wildman–Crippen LogP) is 17.4. The Hall–Kier alpha value is -10.9. The fourth-order valence-corrected chi connectivity index (χ4v) is 10.8. The monoisotopic (exact) mass is 1400 g/mol. The van der Waals surface area contributed by atoms with E-state index in [9.17, 15) is 48.6 Å². The second-order valence-corrected chi connectivity index (χ2v) is 27.3. The third-order valence-corrected chi connectivity index (χ3v) is 16.6. The quantitative estimate of drug-likeness (QED) is 0.0151. The van der Waals surface area contributed by atoms with Crippen LogP contribution in [0.25, 0.3) is 0 Å². The van der Waals surface area contributed by atoms with Crippen LogP contribution >= 0.6 is 0 Å². The lowest BCUT2D eigenvalue weighted by atomic mass is 9.73. The molecule has 4 atom stereocenters. The van der Waals surface area contributed by atoms with Crippen molar-refractivity contribution in [1.82, 2.24) is 0 Å². The Morgan fingerprint density at radius 3 is 0.961 bits per heavy atom. The van der Waals surface area contributed by atoms with E-state index >= 15 is 0 Å². The van der Waals surface area contributed by atoms with E-state index in [0.717, 1.165) is 0 Å². The molecule has 0 amide bonds. The molecule has 2 N–H and O–H groups in total. The van der Waals surface area contributed by atoms with Gasteiger partial charge in [-0.25, -0.2) is 24.0 Å². The van der Waals surface area contributed by atoms with Crippen LogP contribution in [0.1, 0.15) is 175 Å². The van der Waals surface area contributed by atoms with Crippen molar-refractivity contribution in [2.45, 2.75) is 181 Å². The number of esters is 3. The number of carboxylic acid groups (broad SMARTS) is 1. The Bertz CT molecular complexity index is 4040. The zero-order valence-electron chi connectivity index (χ0n) is 59.8. The molecule has 0 aromatic heterocycles. The van der Waals surface area contributed by atoms with E-state index in [0.29, 0.717) is 45.6 Å². The third-order valence-electron chi connectivity index (χ3n) is 16.6. The highest BCUT2D eigenvalue weighted by Crippen LogP contribution is 2.43. The summed E-state index contributed by atoms with van der Waals surface area (Å²) >= 11 is 0. The van der Waals surface area contributed by atoms with Gasteiger partial charge >= 0.3 is 48.7 Å². The van der Waals surface area contributed by atoms with Crippen LogP contribution in [-0.4, -0.2) is 88.6 Å². The summed E-state index contributed by atoms with van der Waals surface area (Å²) in [5.41, 5.74) is -1.12. The second-order valence-electron chi connectivity index (χ2n) is 27.3. The van der Waals surface area contributed by atoms with Crippen LogP contribution in [0, 0.1) is 0 Å². The van der Waals surface area contributed by atoms with Crippen molar-refractivity contribution in [1.29, 1.82) is 0 Å². The number of hydrogen-bond donors (Lipinski definition) is 2. The average Bonchev–Trinajstić information content (AvgIpc) is 0.798. The topological polar surface area (TPSA) is 297 Å². The zero-order valence-corrected chi connectivity index (χ0v) is 59.8. The molecular weight excluding hydrogens is 1320 g/mol. The van der Waals surface area contributed by atoms with E-state index in [1.807, 2.05) is 27.7 Å². The standard InChI is InChI=1S/C79H88O23/c1-15-76(10,11)102-73(89)99-62-39-27-56(28-40-62)79(14,53-21-33-59(34-22-53)96-70(86)90-16-2)46-43-68(83)94-65-48-63(92-66(81)41-44-77(12,51-17-29-57(30-18-51)91-50(3)80)54-23-35-60(36-24-54)97-71(87)100-74(4,5)6)47-64(49-65)93-67(82)42-45-78(13,52-19-31-58(32-20-52)95-69(84)85)55-25-37-61(38-26-55)98-72(88)101-75(7,8)9/h17-40,47-49,67,82H,15-16,41-46H2,1-14H3,(H,84,85). The highest BCUT2D eigenvalue weighted by molar-refractivity contribution is 5.75. The first kappa shape index (κ1) is 78.4. The van der Waals surface area contributed by atoms with Crippen molar-refractivity contribution < 1.29 is 110 Å². The van der Waals surface area contributed by atoms with Gasteiger partial charge < -0.3 is 71.8 Å². The molecule has 0 spiro atoms. The van der Waals surface area contributed by atoms with Crippen molar-refractivity contribution in [2.75, 3.05) is 6.61 Å². The van der Waals surface area contributed by atoms with Gasteiger partial charge in [-0.3, -0.25) is 14.4 Å². The lowest BCUT2D eigenvalue weighted by Crippen LogP contribution is -2.28. The van der Waals surface area contributed by atoms with Crippen LogP contribution in [-0.2, 0) is 49.6 Å². The minimum Gasteiger partial charge on any atom is -0.465 e. The van der Waals surface area contributed by atoms with Crippen molar-refractivity contribution in [2.24, 2.45) is 0 Å². The summed E-state index contributed by atoms with van der Waals surface area (Å²) in [6, 6.07) is 43.8. The molecule has 0 saturated heterocycles. The van der Waals surface area contributed by atoms with E-state index in [4.69, 9.17) is 61.6 Å². The molecule has 0 aliphatic rings. The van der Waals surface area contributed by atoms with Gasteiger partial charge in [0.05, 0.1) is 6.61 Å². The second kappa shape index (κ2) is 33.9. The van der Waals surface area contributed by atoms with Crippen LogP contribution in [0.15, 0.2) is 164 Å². The smallest absolute Gasteiger partial charge is 0.465 e. The molecule has 0 radical (unpaired) electrons. The number of ether oxygens (including phenoxy) is 13. The number of aliphatic hydroxyl groups excluding tert-OH is 1. The Balaban J connectivity index is 1.20. The number of carbonyl (C=O) groups excluding carboxylic acids is 7. The molecule has 102 heavy (non-hydrogen) atoms. The highest BCUT2D eigenvalue weighted by Gasteiger charge is 2.35. The fraction of sp³-hybridized carbons (Fsp3) is 0.367. The zero-order chi connectivity index (χ0) is 74.8. The van der Waals surface area contributed by atoms with Crippen molar-refractivity contribution in [3.05, 3.63) is 197 Å². The maximum absolute atomic E-state index is 14.4. The largest absolute Gasteiger partial charge is 0.514 e. The Morgan fingerprint density at radius 1 is 0.363 bits per heavy atom. The van der Waals surface area contributed by atoms with Gasteiger partial charge in [0.1, 0.15) is 68.5 Å². The highest BCUT2D eigenvalue weighted by atomic mass is 16.8. The number of hydrogen-bond acceptors (Lipinski definition) is 22. The first-order valence-electron chi connectivity index (χ1n) is 33.1. The van der Waals surface area contributed by atoms with Gasteiger partial charge in [0, 0.05) is 60.6 Å². The molecule has 0 aliphatic carbocycles. The Morgan fingerprint density at radius 2 is 0.657 bits per heavy atom. The minimum atomic E-state index is -1.59. The lowest BCUT2D eigenvalue weighted by Gasteiger charge is -2.32. The maximum atomic E-state index is 14.4. The molecule has 7 aromatic carbocycles. The maximum Gasteiger partial charge on any atom is 0.514 e. The molecule has 0 bridgehead atoms. The lowest BCUT2D eigenvalue weighted by molar-refractivity contribution is -0.135. The molecule has 7 rings (SSSR count). The molecule has 542 valence electrons. The number of carbonyl (C=O) groups is 8. The van der Waals surface area contributed by atoms with Gasteiger partial charge in [0.25, 0.3) is 0 Å². The van der Waals surface area contributed by atoms with E-state index < -0.39 is 88.0 Å². The van der Waals surface area contributed by atoms with Crippen LogP contribution < -0.4 is 42.6 Å². The minimum absolute atomic E-state index is 0.0623. The van der Waals surface area contributed by atoms with E-state index in [1.165, 1.54) is 37.3 Å². The summed E-state index contributed by atoms with van der Waals surface area (Å²) in [7, 11) is 0. The third kappa shape index (κ3) is 23.3. The molecule has 4 unspecified atom stereocenters. The van der Waals surface area contributed by atoms with Gasteiger partial charge in [-0.05, 0) is 194 Å². The molecular formula is C79H88O23. The van der Waals surface area contributed by atoms with Crippen molar-refractivity contribution >= 4 is 48.7 Å². The molecule has 7 aromatic rings. The van der Waals surface area contributed by atoms with Gasteiger partial charge in [-0.15, -0.1) is 0 Å². The Labute approximate surface area is 593 Å². The summed E-state index contributed by atoms with van der Waals surface area (Å²) in [4.78, 5) is 102. The van der Waals surface area contributed by atoms with Gasteiger partial charge in [0.15, 0.2) is 6.29 Å². The van der Waals surface area contributed by atoms with E-state index in [2.05, 4.69) is 0 Å². The number of rotatable bonds is 28. The SMILES string of the molecule is CCOC(=O)Oc1ccc(C(C)(CCC(=O)Oc2cc(OC(=O)CCC(C)(c3ccc(OC(C)=O)cc3)c3ccc(OC(=O)OC(C)(C)C)cc3)cc(OC(O)CCC(C)(c3ccc(OC(=O)O)cc3)c3ccc(OC(=O)OC(C)(C)C)cc3)c2)c2ccc(OC(=O)OC(C)(C)CC)cc2)cc1. The molecule has 23 nitrogen and oxygen atoms in total. The van der Waals surface area contributed by atoms with E-state index in [1.54, 1.807) is 196 Å². The van der Waals surface area contributed by atoms with Gasteiger partial charge in [-0.2, -0.15) is 0 Å². The van der Waals surface area contributed by atoms with Crippen LogP contribution in [0.4, 0.5) is 24.0 Å². The van der Waals surface area contributed by atoms with Crippen molar-refractivity contribution in [3.8, 4) is 51.7 Å².